The van der Waals surface area contributed by atoms with Crippen LogP contribution in [0.3, 0.4) is 0 Å². The summed E-state index contributed by atoms with van der Waals surface area (Å²) in [5.74, 6) is -0.511. The molecule has 52 heavy (non-hydrogen) atoms. The smallest absolute Gasteiger partial charge is 0.269 e. The van der Waals surface area contributed by atoms with E-state index in [1.807, 2.05) is 37.5 Å². The molecule has 0 bridgehead atoms. The number of aliphatic hydroxyl groups is 1. The van der Waals surface area contributed by atoms with E-state index in [0.717, 1.165) is 73.9 Å². The Morgan fingerprint density at radius 2 is 1.90 bits per heavy atom. The molecule has 3 unspecified atom stereocenters. The quantitative estimate of drug-likeness (QED) is 0.0264. The molecule has 15 heteroatoms. The first kappa shape index (κ1) is 38.2. The van der Waals surface area contributed by atoms with E-state index in [1.165, 1.54) is 6.08 Å². The van der Waals surface area contributed by atoms with Crippen molar-refractivity contribution in [1.29, 1.82) is 0 Å². The maximum absolute atomic E-state index is 13.1. The first-order valence-corrected chi connectivity index (χ1v) is 18.1. The van der Waals surface area contributed by atoms with Crippen LogP contribution in [-0.4, -0.2) is 66.6 Å². The molecule has 2 fully saturated rings. The highest BCUT2D eigenvalue weighted by atomic mass is 16.3. The van der Waals surface area contributed by atoms with Gasteiger partial charge in [-0.1, -0.05) is 31.2 Å². The molecule has 1 aromatic heterocycles. The number of aromatic nitrogens is 2. The Bertz CT molecular complexity index is 1740. The summed E-state index contributed by atoms with van der Waals surface area (Å²) in [7, 11) is 7.62. The molecule has 2 aliphatic carbocycles. The fraction of sp³-hybridized carbons (Fsp3) is 0.459. The summed E-state index contributed by atoms with van der Waals surface area (Å²) < 4.78 is 2.11. The Hall–Kier alpha value is -5.02. The second kappa shape index (κ2) is 17.5. The molecule has 2 radical (unpaired) electrons. The number of hydrogen-bond donors (Lipinski definition) is 8. The Balaban J connectivity index is 1.47. The normalized spacial score (nSPS) is 19.0. The molecule has 2 heterocycles. The summed E-state index contributed by atoms with van der Waals surface area (Å²) in [6.45, 7) is 2.62. The molecular formula is C37H51BN10O4. The van der Waals surface area contributed by atoms with Gasteiger partial charge in [0.25, 0.3) is 5.91 Å². The lowest BCUT2D eigenvalue weighted by molar-refractivity contribution is -0.121. The topological polar surface area (TPSA) is 219 Å². The zero-order valence-corrected chi connectivity index (χ0v) is 30.0. The number of fused-ring (bicyclic) bond motifs is 3. The molecule has 5 rings (SSSR count). The van der Waals surface area contributed by atoms with Crippen LogP contribution in [0.4, 0.5) is 11.4 Å². The molecule has 2 amide bonds. The van der Waals surface area contributed by atoms with Crippen molar-refractivity contribution in [3.63, 3.8) is 0 Å². The Morgan fingerprint density at radius 1 is 1.13 bits per heavy atom. The SMILES string of the molecule is [B]C(O)NCCC(CCC/C=C\C=C(/N)C=O)n1ncc2c1C(CC)N(C)c1c(NC(/C=C(\N)NC(=O)C3CC3)=C(/N)C(=O)NC3CC3)cccc1-2. The van der Waals surface area contributed by atoms with Gasteiger partial charge in [-0.15, -0.1) is 0 Å². The molecule has 2 aromatic rings. The summed E-state index contributed by atoms with van der Waals surface area (Å²) in [5.41, 5.74) is 23.4. The third kappa shape index (κ3) is 9.65. The third-order valence-corrected chi connectivity index (χ3v) is 9.56. The van der Waals surface area contributed by atoms with Crippen molar-refractivity contribution in [3.05, 3.63) is 77.3 Å². The highest BCUT2D eigenvalue weighted by Gasteiger charge is 2.35. The average Bonchev–Trinajstić information content (AvgIpc) is 4.06. The van der Waals surface area contributed by atoms with Crippen LogP contribution in [0.15, 0.2) is 71.6 Å². The van der Waals surface area contributed by atoms with Crippen LogP contribution in [0.2, 0.25) is 0 Å². The van der Waals surface area contributed by atoms with Gasteiger partial charge in [0.05, 0.1) is 52.9 Å². The number of carbonyl (C=O) groups excluding carboxylic acids is 3. The zero-order chi connectivity index (χ0) is 37.4. The summed E-state index contributed by atoms with van der Waals surface area (Å²) in [4.78, 5) is 38.6. The monoisotopic (exact) mass is 710 g/mol. The van der Waals surface area contributed by atoms with Crippen LogP contribution in [0, 0.1) is 5.92 Å². The van der Waals surface area contributed by atoms with Gasteiger partial charge < -0.3 is 48.5 Å². The number of aldehydes is 1. The number of benzene rings is 1. The summed E-state index contributed by atoms with van der Waals surface area (Å²) in [6.07, 6.45) is 15.6. The Kier molecular flexibility index (Phi) is 12.8. The number of rotatable bonds is 19. The van der Waals surface area contributed by atoms with E-state index in [0.29, 0.717) is 24.9 Å². The van der Waals surface area contributed by atoms with Crippen molar-refractivity contribution in [3.8, 4) is 11.1 Å². The van der Waals surface area contributed by atoms with Gasteiger partial charge in [-0.05, 0) is 76.5 Å². The minimum atomic E-state index is -1.12. The van der Waals surface area contributed by atoms with Crippen molar-refractivity contribution in [2.24, 2.45) is 23.1 Å². The van der Waals surface area contributed by atoms with Gasteiger partial charge in [0.2, 0.25) is 5.91 Å². The largest absolute Gasteiger partial charge is 0.396 e. The molecule has 2 saturated carbocycles. The van der Waals surface area contributed by atoms with Crippen molar-refractivity contribution in [2.45, 2.75) is 89.0 Å². The number of amides is 2. The minimum absolute atomic E-state index is 0.00238. The number of aliphatic hydroxyl groups excluding tert-OH is 1. The number of para-hydroxylation sites is 1. The van der Waals surface area contributed by atoms with Gasteiger partial charge in [-0.3, -0.25) is 19.1 Å². The number of unbranched alkanes of at least 4 members (excludes halogenated alkanes) is 1. The highest BCUT2D eigenvalue weighted by Crippen LogP contribution is 2.49. The van der Waals surface area contributed by atoms with E-state index < -0.39 is 12.0 Å². The van der Waals surface area contributed by atoms with E-state index in [9.17, 15) is 19.5 Å². The summed E-state index contributed by atoms with van der Waals surface area (Å²) >= 11 is 0. The molecule has 276 valence electrons. The van der Waals surface area contributed by atoms with Gasteiger partial charge in [-0.2, -0.15) is 5.10 Å². The van der Waals surface area contributed by atoms with Crippen LogP contribution in [-0.2, 0) is 14.4 Å². The third-order valence-electron chi connectivity index (χ3n) is 9.56. The maximum Gasteiger partial charge on any atom is 0.269 e. The van der Waals surface area contributed by atoms with Crippen LogP contribution in [0.1, 0.15) is 82.5 Å². The molecule has 1 aromatic carbocycles. The van der Waals surface area contributed by atoms with Crippen molar-refractivity contribution >= 4 is 37.3 Å². The van der Waals surface area contributed by atoms with Crippen molar-refractivity contribution in [1.82, 2.24) is 25.7 Å². The van der Waals surface area contributed by atoms with Gasteiger partial charge in [-0.25, -0.2) is 0 Å². The van der Waals surface area contributed by atoms with Gasteiger partial charge in [0, 0.05) is 36.2 Å². The molecule has 14 nitrogen and oxygen atoms in total. The van der Waals surface area contributed by atoms with Crippen LogP contribution >= 0.6 is 0 Å². The molecular weight excluding hydrogens is 659 g/mol. The van der Waals surface area contributed by atoms with Crippen LogP contribution in [0.25, 0.3) is 11.1 Å². The van der Waals surface area contributed by atoms with Crippen LogP contribution < -0.4 is 43.4 Å². The molecule has 3 atom stereocenters. The lowest BCUT2D eigenvalue weighted by atomic mass is 9.91. The van der Waals surface area contributed by atoms with E-state index in [-0.39, 0.29) is 52.9 Å². The van der Waals surface area contributed by atoms with Crippen molar-refractivity contribution in [2.75, 3.05) is 23.8 Å². The molecule has 3 aliphatic rings. The lowest BCUT2D eigenvalue weighted by Crippen LogP contribution is -2.34. The van der Waals surface area contributed by atoms with E-state index >= 15 is 0 Å². The van der Waals surface area contributed by atoms with E-state index in [2.05, 4.69) is 37.8 Å². The number of nitrogens with two attached hydrogens (primary N) is 3. The van der Waals surface area contributed by atoms with E-state index in [1.54, 1.807) is 12.2 Å². The Morgan fingerprint density at radius 3 is 2.58 bits per heavy atom. The number of hydrogen-bond acceptors (Lipinski definition) is 11. The summed E-state index contributed by atoms with van der Waals surface area (Å²) in [5, 5.41) is 26.6. The fourth-order valence-corrected chi connectivity index (χ4v) is 6.54. The van der Waals surface area contributed by atoms with Gasteiger partial charge in [0.1, 0.15) is 19.4 Å². The number of anilines is 2. The lowest BCUT2D eigenvalue weighted by Gasteiger charge is -2.38. The fourth-order valence-electron chi connectivity index (χ4n) is 6.54. The predicted octanol–water partition coefficient (Wildman–Crippen LogP) is 2.37. The average molecular weight is 711 g/mol. The van der Waals surface area contributed by atoms with Gasteiger partial charge >= 0.3 is 0 Å². The second-order valence-corrected chi connectivity index (χ2v) is 13.7. The summed E-state index contributed by atoms with van der Waals surface area (Å²) in [6, 6.07) is 5.95. The molecule has 0 saturated heterocycles. The van der Waals surface area contributed by atoms with Gasteiger partial charge in [0.15, 0.2) is 6.29 Å². The van der Waals surface area contributed by atoms with Crippen molar-refractivity contribution < 1.29 is 19.5 Å². The maximum atomic E-state index is 13.1. The number of nitrogens with one attached hydrogen (secondary N) is 4. The van der Waals surface area contributed by atoms with Crippen LogP contribution in [0.5, 0.6) is 0 Å². The minimum Gasteiger partial charge on any atom is -0.396 e. The molecule has 1 aliphatic heterocycles. The first-order valence-electron chi connectivity index (χ1n) is 18.1. The molecule has 11 N–H and O–H groups in total. The standard InChI is InChI=1S/C37H51BN10O4/c1-3-30-34-27(20-43-48(34)25(17-18-42-37(38)52)10-7-5-4-6-9-23(39)21-49)26-11-8-12-28(33(26)47(30)2)45-29(32(41)36(51)44-24-15-16-24)19-31(40)46-35(50)22-13-14-22/h4,6,8-9,11-12,19-22,24-25,30,37,42,45,52H,3,5,7,10,13-18,39-41H2,1-2H3,(H,44,51)(H,46,50)/b6-4-,23-9-,31-19+,32-29+. The van der Waals surface area contributed by atoms with E-state index in [4.69, 9.17) is 30.1 Å². The molecule has 0 spiro atoms. The second-order valence-electron chi connectivity index (χ2n) is 13.7. The first-order chi connectivity index (χ1) is 25.0. The Labute approximate surface area is 306 Å². The highest BCUT2D eigenvalue weighted by molar-refractivity contribution is 6.10. The zero-order valence-electron chi connectivity index (χ0n) is 30.0. The number of allylic oxidation sites excluding steroid dienone is 5. The number of nitrogens with zero attached hydrogens (tertiary/aromatic N) is 3. The predicted molar refractivity (Wildman–Crippen MR) is 203 cm³/mol. The number of carbonyl (C=O) groups is 3.